The molecular weight excluding hydrogens is 369 g/mol. The van der Waals surface area contributed by atoms with E-state index in [2.05, 4.69) is 5.32 Å². The van der Waals surface area contributed by atoms with E-state index >= 15 is 0 Å². The average molecular weight is 386 g/mol. The molecule has 1 amide bonds. The van der Waals surface area contributed by atoms with E-state index in [0.717, 1.165) is 37.2 Å². The third kappa shape index (κ3) is 4.42. The van der Waals surface area contributed by atoms with E-state index < -0.39 is 0 Å². The molecule has 128 valence electrons. The van der Waals surface area contributed by atoms with E-state index in [-0.39, 0.29) is 12.0 Å². The van der Waals surface area contributed by atoms with Crippen LogP contribution in [0.5, 0.6) is 5.75 Å². The molecule has 1 aliphatic rings. The molecule has 1 saturated heterocycles. The smallest absolute Gasteiger partial charge is 0.258 e. The van der Waals surface area contributed by atoms with Gasteiger partial charge in [-0.3, -0.25) is 4.79 Å². The van der Waals surface area contributed by atoms with E-state index in [0.29, 0.717) is 32.3 Å². The molecule has 1 fully saturated rings. The number of carbonyl (C=O) groups excluding carboxylic acids is 1. The van der Waals surface area contributed by atoms with Crippen molar-refractivity contribution in [2.45, 2.75) is 25.4 Å². The minimum absolute atomic E-state index is 0.104. The second-order valence-corrected chi connectivity index (χ2v) is 7.77. The Balaban J connectivity index is 1.67. The first-order valence-electron chi connectivity index (χ1n) is 7.73. The maximum atomic E-state index is 12.4. The number of amides is 1. The largest absolute Gasteiger partial charge is 0.489 e. The zero-order chi connectivity index (χ0) is 16.9. The SMILES string of the molecule is O=C(Nc1ccccc1OCC1CCCCO1)c1cc(Cl)sc1Cl. The first kappa shape index (κ1) is 17.5. The Hall–Kier alpha value is -1.27. The molecule has 1 aromatic heterocycles. The van der Waals surface area contributed by atoms with Gasteiger partial charge in [0.25, 0.3) is 5.91 Å². The summed E-state index contributed by atoms with van der Waals surface area (Å²) in [5, 5.41) is 2.83. The highest BCUT2D eigenvalue weighted by molar-refractivity contribution is 7.20. The van der Waals surface area contributed by atoms with Gasteiger partial charge in [0.15, 0.2) is 0 Å². The van der Waals surface area contributed by atoms with Crippen LogP contribution in [0.1, 0.15) is 29.6 Å². The van der Waals surface area contributed by atoms with Crippen LogP contribution in [0, 0.1) is 0 Å². The Morgan fingerprint density at radius 1 is 1.33 bits per heavy atom. The average Bonchev–Trinajstić information content (AvgIpc) is 2.93. The predicted octanol–water partition coefficient (Wildman–Crippen LogP) is 5.26. The van der Waals surface area contributed by atoms with Crippen molar-refractivity contribution < 1.29 is 14.3 Å². The van der Waals surface area contributed by atoms with Gasteiger partial charge < -0.3 is 14.8 Å². The molecular formula is C17H17Cl2NO3S. The molecule has 4 nitrogen and oxygen atoms in total. The van der Waals surface area contributed by atoms with Crippen LogP contribution in [0.15, 0.2) is 30.3 Å². The van der Waals surface area contributed by atoms with Crippen molar-refractivity contribution in [1.29, 1.82) is 0 Å². The minimum atomic E-state index is -0.312. The number of benzene rings is 1. The van der Waals surface area contributed by atoms with E-state index in [9.17, 15) is 4.79 Å². The monoisotopic (exact) mass is 385 g/mol. The Bertz CT molecular complexity index is 714. The number of rotatable bonds is 5. The van der Waals surface area contributed by atoms with Gasteiger partial charge in [0.2, 0.25) is 0 Å². The van der Waals surface area contributed by atoms with Crippen LogP contribution in [0.4, 0.5) is 5.69 Å². The Labute approximate surface area is 154 Å². The van der Waals surface area contributed by atoms with Crippen molar-refractivity contribution in [3.05, 3.63) is 44.6 Å². The van der Waals surface area contributed by atoms with Crippen LogP contribution >= 0.6 is 34.5 Å². The summed E-state index contributed by atoms with van der Waals surface area (Å²) in [7, 11) is 0. The van der Waals surface area contributed by atoms with Gasteiger partial charge in [-0.2, -0.15) is 0 Å². The van der Waals surface area contributed by atoms with Crippen LogP contribution in [0.3, 0.4) is 0 Å². The van der Waals surface area contributed by atoms with E-state index in [4.69, 9.17) is 32.7 Å². The van der Waals surface area contributed by atoms with Gasteiger partial charge in [-0.1, -0.05) is 35.3 Å². The molecule has 0 bridgehead atoms. The fourth-order valence-electron chi connectivity index (χ4n) is 2.50. The van der Waals surface area contributed by atoms with Crippen molar-refractivity contribution in [3.8, 4) is 5.75 Å². The number of carbonyl (C=O) groups is 1. The number of hydrogen-bond acceptors (Lipinski definition) is 4. The second-order valence-electron chi connectivity index (χ2n) is 5.49. The third-order valence-electron chi connectivity index (χ3n) is 3.74. The molecule has 0 aliphatic carbocycles. The van der Waals surface area contributed by atoms with Crippen molar-refractivity contribution in [1.82, 2.24) is 0 Å². The lowest BCUT2D eigenvalue weighted by Gasteiger charge is -2.23. The van der Waals surface area contributed by atoms with Crippen LogP contribution in [0.2, 0.25) is 8.67 Å². The fourth-order valence-corrected chi connectivity index (χ4v) is 3.96. The van der Waals surface area contributed by atoms with Crippen molar-refractivity contribution in [2.75, 3.05) is 18.5 Å². The van der Waals surface area contributed by atoms with Gasteiger partial charge in [0, 0.05) is 6.61 Å². The summed E-state index contributed by atoms with van der Waals surface area (Å²) >= 11 is 13.1. The van der Waals surface area contributed by atoms with Crippen molar-refractivity contribution in [2.24, 2.45) is 0 Å². The van der Waals surface area contributed by atoms with Crippen LogP contribution in [-0.2, 0) is 4.74 Å². The van der Waals surface area contributed by atoms with Gasteiger partial charge in [-0.05, 0) is 37.5 Å². The molecule has 1 aromatic carbocycles. The maximum absolute atomic E-state index is 12.4. The molecule has 1 aliphatic heterocycles. The lowest BCUT2D eigenvalue weighted by atomic mass is 10.1. The van der Waals surface area contributed by atoms with Crippen LogP contribution < -0.4 is 10.1 Å². The van der Waals surface area contributed by atoms with E-state index in [1.54, 1.807) is 12.1 Å². The van der Waals surface area contributed by atoms with Gasteiger partial charge in [0.05, 0.1) is 21.7 Å². The fraction of sp³-hybridized carbons (Fsp3) is 0.353. The Morgan fingerprint density at radius 3 is 2.88 bits per heavy atom. The highest BCUT2D eigenvalue weighted by Crippen LogP contribution is 2.32. The summed E-state index contributed by atoms with van der Waals surface area (Å²) in [4.78, 5) is 12.4. The van der Waals surface area contributed by atoms with Crippen molar-refractivity contribution >= 4 is 46.1 Å². The quantitative estimate of drug-likeness (QED) is 0.763. The highest BCUT2D eigenvalue weighted by Gasteiger charge is 2.18. The third-order valence-corrected chi connectivity index (χ3v) is 5.22. The molecule has 1 N–H and O–H groups in total. The number of halogens is 2. The molecule has 1 atom stereocenters. The minimum Gasteiger partial charge on any atom is -0.489 e. The van der Waals surface area contributed by atoms with Gasteiger partial charge >= 0.3 is 0 Å². The highest BCUT2D eigenvalue weighted by atomic mass is 35.5. The molecule has 24 heavy (non-hydrogen) atoms. The summed E-state index contributed by atoms with van der Waals surface area (Å²) in [6.07, 6.45) is 3.36. The van der Waals surface area contributed by atoms with Gasteiger partial charge in [-0.25, -0.2) is 0 Å². The number of anilines is 1. The number of thiophene rings is 1. The molecule has 3 rings (SSSR count). The van der Waals surface area contributed by atoms with Crippen molar-refractivity contribution in [3.63, 3.8) is 0 Å². The van der Waals surface area contributed by atoms with E-state index in [1.165, 1.54) is 0 Å². The van der Waals surface area contributed by atoms with Gasteiger partial charge in [-0.15, -0.1) is 11.3 Å². The zero-order valence-electron chi connectivity index (χ0n) is 12.9. The normalized spacial score (nSPS) is 17.5. The summed E-state index contributed by atoms with van der Waals surface area (Å²) in [5.74, 6) is 0.297. The lowest BCUT2D eigenvalue weighted by Crippen LogP contribution is -2.26. The number of hydrogen-bond donors (Lipinski definition) is 1. The second kappa shape index (κ2) is 8.21. The maximum Gasteiger partial charge on any atom is 0.258 e. The molecule has 0 spiro atoms. The summed E-state index contributed by atoms with van der Waals surface area (Å²) < 4.78 is 12.4. The van der Waals surface area contributed by atoms with Crippen LogP contribution in [0.25, 0.3) is 0 Å². The molecule has 0 saturated carbocycles. The molecule has 2 heterocycles. The Morgan fingerprint density at radius 2 is 2.17 bits per heavy atom. The molecule has 2 aromatic rings. The zero-order valence-corrected chi connectivity index (χ0v) is 15.2. The lowest BCUT2D eigenvalue weighted by molar-refractivity contribution is -0.0109. The van der Waals surface area contributed by atoms with Gasteiger partial charge in [0.1, 0.15) is 16.7 Å². The standard InChI is InChI=1S/C17H17Cl2NO3S/c18-15-9-12(16(19)24-15)17(21)20-13-6-1-2-7-14(13)23-10-11-5-3-4-8-22-11/h1-2,6-7,9,11H,3-5,8,10H2,(H,20,21). The predicted molar refractivity (Wildman–Crippen MR) is 97.8 cm³/mol. The summed E-state index contributed by atoms with van der Waals surface area (Å²) in [6.45, 7) is 1.25. The summed E-state index contributed by atoms with van der Waals surface area (Å²) in [5.41, 5.74) is 0.953. The number of para-hydroxylation sites is 2. The topological polar surface area (TPSA) is 47.6 Å². The summed E-state index contributed by atoms with van der Waals surface area (Å²) in [6, 6.07) is 8.86. The first-order chi connectivity index (χ1) is 11.6. The number of nitrogens with one attached hydrogen (secondary N) is 1. The van der Waals surface area contributed by atoms with E-state index in [1.807, 2.05) is 18.2 Å². The Kier molecular flexibility index (Phi) is 6.00. The first-order valence-corrected chi connectivity index (χ1v) is 9.30. The molecule has 0 radical (unpaired) electrons. The molecule has 7 heteroatoms. The molecule has 1 unspecified atom stereocenters. The number of ether oxygens (including phenoxy) is 2. The van der Waals surface area contributed by atoms with Crippen LogP contribution in [-0.4, -0.2) is 25.2 Å².